The van der Waals surface area contributed by atoms with Crippen LogP contribution in [0.3, 0.4) is 0 Å². The molecule has 0 bridgehead atoms. The Hall–Kier alpha value is -2.91. The standard InChI is InChI=1S/C19H17I.C13H10/c1-3-12-19(13-4-2)16-10-6-5-8-14(16)15-9-7-11-17(20)18(15)19;1-3-7-12-10(5-1)9-11-6-2-4-8-13(11)12/h3-11H,1-2,12-13H2;1-8H,9H2. The van der Waals surface area contributed by atoms with E-state index in [9.17, 15) is 0 Å². The SMILES string of the molecule is C=CCC1(CC=C)c2ccccc2-c2cccc(I)c21.c1ccc2c(c1)Cc1ccccc1-2. The van der Waals surface area contributed by atoms with Gasteiger partial charge in [-0.05, 0) is 92.4 Å². The maximum absolute atomic E-state index is 3.99. The van der Waals surface area contributed by atoms with Crippen LogP contribution < -0.4 is 0 Å². The summed E-state index contributed by atoms with van der Waals surface area (Å²) in [4.78, 5) is 0. The fourth-order valence-corrected chi connectivity index (χ4v) is 6.60. The van der Waals surface area contributed by atoms with Crippen molar-refractivity contribution in [3.8, 4) is 22.3 Å². The summed E-state index contributed by atoms with van der Waals surface area (Å²) in [6, 6.07) is 32.7. The molecule has 0 nitrogen and oxygen atoms in total. The van der Waals surface area contributed by atoms with Gasteiger partial charge in [0.2, 0.25) is 0 Å². The second-order valence-corrected chi connectivity index (χ2v) is 9.93. The van der Waals surface area contributed by atoms with Crippen LogP contribution >= 0.6 is 22.6 Å². The quantitative estimate of drug-likeness (QED) is 0.158. The fraction of sp³-hybridized carbons (Fsp3) is 0.125. The van der Waals surface area contributed by atoms with Crippen LogP contribution in [0.15, 0.2) is 116 Å². The molecule has 0 aromatic heterocycles. The van der Waals surface area contributed by atoms with Gasteiger partial charge in [0.05, 0.1) is 0 Å². The zero-order valence-electron chi connectivity index (χ0n) is 18.7. The number of allylic oxidation sites excluding steroid dienone is 2. The van der Waals surface area contributed by atoms with Gasteiger partial charge in [-0.25, -0.2) is 0 Å². The monoisotopic (exact) mass is 538 g/mol. The lowest BCUT2D eigenvalue weighted by atomic mass is 9.73. The van der Waals surface area contributed by atoms with Crippen molar-refractivity contribution in [2.75, 3.05) is 0 Å². The summed E-state index contributed by atoms with van der Waals surface area (Å²) in [5.74, 6) is 0. The first-order valence-corrected chi connectivity index (χ1v) is 12.5. The van der Waals surface area contributed by atoms with E-state index in [0.29, 0.717) is 0 Å². The van der Waals surface area contributed by atoms with E-state index in [4.69, 9.17) is 0 Å². The molecule has 0 atom stereocenters. The second kappa shape index (κ2) is 9.15. The Bertz CT molecular complexity index is 1290. The Labute approximate surface area is 210 Å². The van der Waals surface area contributed by atoms with Gasteiger partial charge in [-0.15, -0.1) is 13.2 Å². The zero-order valence-corrected chi connectivity index (χ0v) is 20.9. The lowest BCUT2D eigenvalue weighted by Gasteiger charge is -2.30. The molecule has 0 saturated carbocycles. The predicted octanol–water partition coefficient (Wildman–Crippen LogP) is 8.97. The van der Waals surface area contributed by atoms with Crippen LogP contribution in [0.25, 0.3) is 22.3 Å². The first-order chi connectivity index (χ1) is 16.2. The highest BCUT2D eigenvalue weighted by Gasteiger charge is 2.42. The Morgan fingerprint density at radius 3 is 1.76 bits per heavy atom. The van der Waals surface area contributed by atoms with Gasteiger partial charge in [-0.3, -0.25) is 0 Å². The molecule has 6 rings (SSSR count). The van der Waals surface area contributed by atoms with Gasteiger partial charge in [-0.1, -0.05) is 97.1 Å². The van der Waals surface area contributed by atoms with E-state index in [1.807, 2.05) is 12.2 Å². The lowest BCUT2D eigenvalue weighted by molar-refractivity contribution is 0.541. The minimum Gasteiger partial charge on any atom is -0.103 e. The zero-order chi connectivity index (χ0) is 22.8. The molecule has 0 spiro atoms. The van der Waals surface area contributed by atoms with E-state index < -0.39 is 0 Å². The molecule has 4 aromatic carbocycles. The van der Waals surface area contributed by atoms with Crippen LogP contribution in [0.4, 0.5) is 0 Å². The minimum absolute atomic E-state index is 0.00715. The molecule has 4 aromatic rings. The number of hydrogen-bond acceptors (Lipinski definition) is 0. The van der Waals surface area contributed by atoms with Crippen molar-refractivity contribution < 1.29 is 0 Å². The summed E-state index contributed by atoms with van der Waals surface area (Å²) in [6.07, 6.45) is 7.08. The van der Waals surface area contributed by atoms with E-state index in [1.165, 1.54) is 48.1 Å². The molecule has 0 radical (unpaired) electrons. The molecule has 0 saturated heterocycles. The smallest absolute Gasteiger partial charge is 0.0294 e. The largest absolute Gasteiger partial charge is 0.103 e. The summed E-state index contributed by atoms with van der Waals surface area (Å²) in [5, 5.41) is 0. The van der Waals surface area contributed by atoms with Gasteiger partial charge < -0.3 is 0 Å². The van der Waals surface area contributed by atoms with Crippen LogP contribution in [0.2, 0.25) is 0 Å². The first kappa shape index (κ1) is 21.9. The number of rotatable bonds is 4. The Balaban J connectivity index is 0.000000151. The molecule has 162 valence electrons. The molecule has 33 heavy (non-hydrogen) atoms. The van der Waals surface area contributed by atoms with Gasteiger partial charge in [0, 0.05) is 8.99 Å². The van der Waals surface area contributed by atoms with Gasteiger partial charge in [0.1, 0.15) is 0 Å². The van der Waals surface area contributed by atoms with Crippen LogP contribution in [0.5, 0.6) is 0 Å². The van der Waals surface area contributed by atoms with Crippen molar-refractivity contribution in [1.82, 2.24) is 0 Å². The summed E-state index contributed by atoms with van der Waals surface area (Å²) in [5.41, 5.74) is 11.4. The van der Waals surface area contributed by atoms with Gasteiger partial charge in [0.15, 0.2) is 0 Å². The minimum atomic E-state index is 0.00715. The second-order valence-electron chi connectivity index (χ2n) is 8.77. The van der Waals surface area contributed by atoms with E-state index in [1.54, 1.807) is 0 Å². The first-order valence-electron chi connectivity index (χ1n) is 11.5. The van der Waals surface area contributed by atoms with E-state index in [-0.39, 0.29) is 5.41 Å². The number of benzene rings is 4. The predicted molar refractivity (Wildman–Crippen MR) is 150 cm³/mol. The van der Waals surface area contributed by atoms with Crippen molar-refractivity contribution in [1.29, 1.82) is 0 Å². The Morgan fingerprint density at radius 1 is 0.636 bits per heavy atom. The van der Waals surface area contributed by atoms with Crippen LogP contribution in [0.1, 0.15) is 35.1 Å². The average molecular weight is 538 g/mol. The van der Waals surface area contributed by atoms with Gasteiger partial charge in [-0.2, -0.15) is 0 Å². The fourth-order valence-electron chi connectivity index (χ4n) is 5.58. The Morgan fingerprint density at radius 2 is 1.15 bits per heavy atom. The molecule has 0 N–H and O–H groups in total. The van der Waals surface area contributed by atoms with Crippen molar-refractivity contribution in [2.24, 2.45) is 0 Å². The molecule has 0 aliphatic heterocycles. The van der Waals surface area contributed by atoms with Crippen LogP contribution in [0, 0.1) is 3.57 Å². The van der Waals surface area contributed by atoms with Crippen LogP contribution in [-0.2, 0) is 11.8 Å². The molecule has 0 fully saturated rings. The maximum Gasteiger partial charge on any atom is 0.0294 e. The summed E-state index contributed by atoms with van der Waals surface area (Å²) in [6.45, 7) is 7.98. The molecular formula is C32H27I. The molecule has 0 unspecified atom stereocenters. The highest BCUT2D eigenvalue weighted by Crippen LogP contribution is 2.54. The molecular weight excluding hydrogens is 511 g/mol. The molecule has 0 heterocycles. The van der Waals surface area contributed by atoms with Crippen molar-refractivity contribution >= 4 is 22.6 Å². The summed E-state index contributed by atoms with van der Waals surface area (Å²) in [7, 11) is 0. The molecule has 2 aliphatic rings. The van der Waals surface area contributed by atoms with E-state index in [0.717, 1.165) is 19.3 Å². The lowest BCUT2D eigenvalue weighted by Crippen LogP contribution is -2.24. The third kappa shape index (κ3) is 3.69. The van der Waals surface area contributed by atoms with E-state index >= 15 is 0 Å². The number of fused-ring (bicyclic) bond motifs is 6. The highest BCUT2D eigenvalue weighted by atomic mass is 127. The van der Waals surface area contributed by atoms with E-state index in [2.05, 4.69) is 127 Å². The van der Waals surface area contributed by atoms with Crippen molar-refractivity contribution in [2.45, 2.75) is 24.7 Å². The normalized spacial score (nSPS) is 13.6. The number of hydrogen-bond donors (Lipinski definition) is 0. The van der Waals surface area contributed by atoms with Gasteiger partial charge in [0.25, 0.3) is 0 Å². The van der Waals surface area contributed by atoms with Crippen LogP contribution in [-0.4, -0.2) is 0 Å². The third-order valence-electron chi connectivity index (χ3n) is 6.92. The molecule has 1 heteroatoms. The number of halogens is 1. The Kier molecular flexibility index (Phi) is 6.07. The summed E-state index contributed by atoms with van der Waals surface area (Å²) < 4.78 is 1.33. The summed E-state index contributed by atoms with van der Waals surface area (Å²) >= 11 is 2.46. The maximum atomic E-state index is 3.99. The highest BCUT2D eigenvalue weighted by molar-refractivity contribution is 14.1. The van der Waals surface area contributed by atoms with Crippen molar-refractivity contribution in [3.05, 3.63) is 142 Å². The molecule has 0 amide bonds. The topological polar surface area (TPSA) is 0 Å². The average Bonchev–Trinajstić information content (AvgIpc) is 3.35. The van der Waals surface area contributed by atoms with Gasteiger partial charge >= 0.3 is 0 Å². The third-order valence-corrected chi connectivity index (χ3v) is 7.82. The molecule has 2 aliphatic carbocycles. The van der Waals surface area contributed by atoms with Crippen molar-refractivity contribution in [3.63, 3.8) is 0 Å².